The molecule has 0 unspecified atom stereocenters. The van der Waals surface area contributed by atoms with E-state index in [4.69, 9.17) is 0 Å². The molecular weight excluding hydrogens is 257 g/mol. The molecule has 3 nitrogen and oxygen atoms in total. The maximum absolute atomic E-state index is 12.5. The van der Waals surface area contributed by atoms with E-state index in [1.54, 1.807) is 6.07 Å². The van der Waals surface area contributed by atoms with Gasteiger partial charge in [-0.3, -0.25) is 4.79 Å². The molecule has 0 amide bonds. The van der Waals surface area contributed by atoms with Crippen molar-refractivity contribution >= 4 is 6.29 Å². The second kappa shape index (κ2) is 5.17. The lowest BCUT2D eigenvalue weighted by Gasteiger charge is -2.08. The van der Waals surface area contributed by atoms with Crippen LogP contribution < -0.4 is 0 Å². The summed E-state index contributed by atoms with van der Waals surface area (Å²) in [5, 5.41) is 0. The van der Waals surface area contributed by atoms with Gasteiger partial charge in [-0.15, -0.1) is 0 Å². The Morgan fingerprint density at radius 2 is 2.00 bits per heavy atom. The Morgan fingerprint density at radius 3 is 2.68 bits per heavy atom. The molecule has 0 bridgehead atoms. The van der Waals surface area contributed by atoms with E-state index in [-0.39, 0.29) is 12.1 Å². The van der Waals surface area contributed by atoms with Crippen molar-refractivity contribution in [3.05, 3.63) is 59.2 Å². The Bertz CT molecular complexity index is 596. The van der Waals surface area contributed by atoms with Gasteiger partial charge in [-0.1, -0.05) is 18.2 Å². The minimum absolute atomic E-state index is 0.144. The molecule has 0 fully saturated rings. The normalized spacial score (nSPS) is 11.3. The molecule has 0 N–H and O–H groups in total. The first-order valence-electron chi connectivity index (χ1n) is 5.42. The summed E-state index contributed by atoms with van der Waals surface area (Å²) >= 11 is 0. The third kappa shape index (κ3) is 3.37. The van der Waals surface area contributed by atoms with Crippen molar-refractivity contribution in [2.45, 2.75) is 12.6 Å². The molecule has 0 atom stereocenters. The number of rotatable bonds is 3. The molecular formula is C13H9F3N2O. The molecule has 98 valence electrons. The van der Waals surface area contributed by atoms with Crippen molar-refractivity contribution in [2.24, 2.45) is 0 Å². The summed E-state index contributed by atoms with van der Waals surface area (Å²) in [6, 6.07) is 6.39. The van der Waals surface area contributed by atoms with Crippen LogP contribution in [-0.2, 0) is 12.6 Å². The topological polar surface area (TPSA) is 42.9 Å². The maximum atomic E-state index is 12.5. The largest absolute Gasteiger partial charge is 0.416 e. The van der Waals surface area contributed by atoms with Crippen molar-refractivity contribution in [3.8, 4) is 0 Å². The molecule has 1 aromatic carbocycles. The molecule has 0 spiro atoms. The molecule has 0 saturated heterocycles. The molecule has 0 aliphatic rings. The molecule has 2 rings (SSSR count). The van der Waals surface area contributed by atoms with Crippen molar-refractivity contribution in [3.63, 3.8) is 0 Å². The van der Waals surface area contributed by atoms with E-state index in [1.165, 1.54) is 18.3 Å². The van der Waals surface area contributed by atoms with Gasteiger partial charge in [0.25, 0.3) is 0 Å². The highest BCUT2D eigenvalue weighted by atomic mass is 19.4. The predicted octanol–water partition coefficient (Wildman–Crippen LogP) is 2.90. The number of aromatic nitrogens is 2. The summed E-state index contributed by atoms with van der Waals surface area (Å²) in [4.78, 5) is 18.4. The Balaban J connectivity index is 2.25. The highest BCUT2D eigenvalue weighted by Crippen LogP contribution is 2.29. The minimum Gasteiger partial charge on any atom is -0.296 e. The van der Waals surface area contributed by atoms with Crippen LogP contribution in [0.15, 0.2) is 36.5 Å². The minimum atomic E-state index is -4.37. The molecule has 0 aliphatic carbocycles. The third-order valence-corrected chi connectivity index (χ3v) is 2.46. The van der Waals surface area contributed by atoms with Crippen LogP contribution >= 0.6 is 0 Å². The standard InChI is InChI=1S/C13H9F3N2O/c14-13(15,16)10-3-1-2-9(6-10)7-12-17-5-4-11(8-19)18-12/h1-6,8H,7H2. The van der Waals surface area contributed by atoms with Crippen LogP contribution in [-0.4, -0.2) is 16.3 Å². The lowest BCUT2D eigenvalue weighted by atomic mass is 10.1. The first-order valence-corrected chi connectivity index (χ1v) is 5.42. The van der Waals surface area contributed by atoms with E-state index in [0.717, 1.165) is 12.1 Å². The average molecular weight is 266 g/mol. The van der Waals surface area contributed by atoms with Gasteiger partial charge in [-0.25, -0.2) is 9.97 Å². The lowest BCUT2D eigenvalue weighted by Crippen LogP contribution is -2.06. The van der Waals surface area contributed by atoms with Gasteiger partial charge in [0.15, 0.2) is 6.29 Å². The van der Waals surface area contributed by atoms with Crippen LogP contribution in [0.4, 0.5) is 13.2 Å². The highest BCUT2D eigenvalue weighted by molar-refractivity contribution is 5.71. The third-order valence-electron chi connectivity index (χ3n) is 2.46. The number of alkyl halides is 3. The zero-order chi connectivity index (χ0) is 13.9. The molecule has 1 heterocycles. The number of hydrogen-bond acceptors (Lipinski definition) is 3. The monoisotopic (exact) mass is 266 g/mol. The van der Waals surface area contributed by atoms with E-state index < -0.39 is 11.7 Å². The molecule has 6 heteroatoms. The summed E-state index contributed by atoms with van der Waals surface area (Å²) in [7, 11) is 0. The van der Waals surface area contributed by atoms with Crippen LogP contribution in [0.1, 0.15) is 27.4 Å². The van der Waals surface area contributed by atoms with Gasteiger partial charge in [0.2, 0.25) is 0 Å². The maximum Gasteiger partial charge on any atom is 0.416 e. The molecule has 1 aromatic heterocycles. The van der Waals surface area contributed by atoms with Crippen LogP contribution in [0.5, 0.6) is 0 Å². The summed E-state index contributed by atoms with van der Waals surface area (Å²) in [5.41, 5.74) is -0.0635. The van der Waals surface area contributed by atoms with Crippen molar-refractivity contribution in [1.29, 1.82) is 0 Å². The Morgan fingerprint density at radius 1 is 1.21 bits per heavy atom. The summed E-state index contributed by atoms with van der Waals surface area (Å²) < 4.78 is 37.6. The number of benzene rings is 1. The summed E-state index contributed by atoms with van der Waals surface area (Å²) in [5.74, 6) is 0.309. The molecule has 0 radical (unpaired) electrons. The quantitative estimate of drug-likeness (QED) is 0.802. The van der Waals surface area contributed by atoms with E-state index in [2.05, 4.69) is 9.97 Å². The summed E-state index contributed by atoms with van der Waals surface area (Å²) in [6.07, 6.45) is -2.26. The second-order valence-electron chi connectivity index (χ2n) is 3.89. The summed E-state index contributed by atoms with van der Waals surface area (Å²) in [6.45, 7) is 0. The fourth-order valence-electron chi connectivity index (χ4n) is 1.61. The number of nitrogens with zero attached hydrogens (tertiary/aromatic N) is 2. The van der Waals surface area contributed by atoms with Crippen LogP contribution in [0, 0.1) is 0 Å². The molecule has 0 aliphatic heterocycles. The van der Waals surface area contributed by atoms with Crippen LogP contribution in [0.3, 0.4) is 0 Å². The Kier molecular flexibility index (Phi) is 3.59. The lowest BCUT2D eigenvalue weighted by molar-refractivity contribution is -0.137. The van der Waals surface area contributed by atoms with E-state index in [1.807, 2.05) is 0 Å². The van der Waals surface area contributed by atoms with E-state index >= 15 is 0 Å². The predicted molar refractivity (Wildman–Crippen MR) is 61.7 cm³/mol. The Labute approximate surface area is 107 Å². The van der Waals surface area contributed by atoms with E-state index in [9.17, 15) is 18.0 Å². The van der Waals surface area contributed by atoms with Crippen molar-refractivity contribution < 1.29 is 18.0 Å². The van der Waals surface area contributed by atoms with Gasteiger partial charge >= 0.3 is 6.18 Å². The van der Waals surface area contributed by atoms with Crippen LogP contribution in [0.2, 0.25) is 0 Å². The smallest absolute Gasteiger partial charge is 0.296 e. The fourth-order valence-corrected chi connectivity index (χ4v) is 1.61. The average Bonchev–Trinajstić information content (AvgIpc) is 2.38. The van der Waals surface area contributed by atoms with Gasteiger partial charge in [0.05, 0.1) is 5.56 Å². The highest BCUT2D eigenvalue weighted by Gasteiger charge is 2.30. The first-order chi connectivity index (χ1) is 8.99. The zero-order valence-electron chi connectivity index (χ0n) is 9.69. The number of carbonyl (C=O) groups is 1. The van der Waals surface area contributed by atoms with Gasteiger partial charge < -0.3 is 0 Å². The van der Waals surface area contributed by atoms with Gasteiger partial charge in [0, 0.05) is 12.6 Å². The van der Waals surface area contributed by atoms with Crippen molar-refractivity contribution in [1.82, 2.24) is 9.97 Å². The number of hydrogen-bond donors (Lipinski definition) is 0. The Hall–Kier alpha value is -2.24. The number of aldehydes is 1. The van der Waals surface area contributed by atoms with Gasteiger partial charge in [0.1, 0.15) is 11.5 Å². The van der Waals surface area contributed by atoms with Crippen LogP contribution in [0.25, 0.3) is 0 Å². The number of halogens is 3. The fraction of sp³-hybridized carbons (Fsp3) is 0.154. The number of carbonyl (C=O) groups excluding carboxylic acids is 1. The van der Waals surface area contributed by atoms with Gasteiger partial charge in [-0.2, -0.15) is 13.2 Å². The SMILES string of the molecule is O=Cc1ccnc(Cc2cccc(C(F)(F)F)c2)n1. The molecule has 0 saturated carbocycles. The van der Waals surface area contributed by atoms with E-state index in [0.29, 0.717) is 17.7 Å². The van der Waals surface area contributed by atoms with Gasteiger partial charge in [-0.05, 0) is 17.7 Å². The molecule has 19 heavy (non-hydrogen) atoms. The zero-order valence-corrected chi connectivity index (χ0v) is 9.69. The van der Waals surface area contributed by atoms with Crippen molar-refractivity contribution in [2.75, 3.05) is 0 Å². The second-order valence-corrected chi connectivity index (χ2v) is 3.89. The molecule has 2 aromatic rings. The first kappa shape index (κ1) is 13.2.